The smallest absolute Gasteiger partial charge is 0.334 e. The van der Waals surface area contributed by atoms with Gasteiger partial charge in [-0.05, 0) is 39.3 Å². The molecule has 0 unspecified atom stereocenters. The molecule has 3 aliphatic rings. The molecule has 0 saturated carbocycles. The van der Waals surface area contributed by atoms with Crippen molar-refractivity contribution < 1.29 is 28.9 Å². The second kappa shape index (κ2) is 6.67. The number of ether oxygens (including phenoxy) is 3. The first-order valence-electron chi connectivity index (χ1n) is 8.94. The van der Waals surface area contributed by atoms with Gasteiger partial charge in [-0.2, -0.15) is 0 Å². The van der Waals surface area contributed by atoms with Gasteiger partial charge >= 0.3 is 11.9 Å². The van der Waals surface area contributed by atoms with Crippen LogP contribution in [0.2, 0.25) is 0 Å². The van der Waals surface area contributed by atoms with Gasteiger partial charge in [0.25, 0.3) is 0 Å². The summed E-state index contributed by atoms with van der Waals surface area (Å²) in [5, 5.41) is 10.4. The number of hydrogen-bond acceptors (Lipinski definition) is 6. The van der Waals surface area contributed by atoms with Gasteiger partial charge in [-0.15, -0.1) is 0 Å². The molecule has 6 nitrogen and oxygen atoms in total. The lowest BCUT2D eigenvalue weighted by molar-refractivity contribution is -0.148. The van der Waals surface area contributed by atoms with Gasteiger partial charge in [-0.3, -0.25) is 0 Å². The van der Waals surface area contributed by atoms with Crippen molar-refractivity contribution in [3.63, 3.8) is 0 Å². The van der Waals surface area contributed by atoms with Gasteiger partial charge in [-0.25, -0.2) is 9.59 Å². The maximum absolute atomic E-state index is 12.4. The highest BCUT2D eigenvalue weighted by molar-refractivity contribution is 5.92. The summed E-state index contributed by atoms with van der Waals surface area (Å²) in [7, 11) is 0. The van der Waals surface area contributed by atoms with Crippen LogP contribution in [0.1, 0.15) is 40.5 Å². The van der Waals surface area contributed by atoms with Crippen LogP contribution in [-0.2, 0) is 23.8 Å². The summed E-state index contributed by atoms with van der Waals surface area (Å²) in [5.41, 5.74) is 0.974. The van der Waals surface area contributed by atoms with Crippen molar-refractivity contribution in [3.8, 4) is 0 Å². The molecule has 0 radical (unpaired) electrons. The molecule has 0 aromatic carbocycles. The average Bonchev–Trinajstić information content (AvgIpc) is 3.11. The normalized spacial score (nSPS) is 42.1. The van der Waals surface area contributed by atoms with E-state index in [2.05, 4.69) is 6.58 Å². The molecule has 0 bridgehead atoms. The number of rotatable bonds is 2. The Balaban J connectivity index is 1.98. The average molecular weight is 362 g/mol. The quantitative estimate of drug-likeness (QED) is 0.351. The lowest BCUT2D eigenvalue weighted by atomic mass is 9.82. The number of fused-ring (bicyclic) bond motifs is 2. The van der Waals surface area contributed by atoms with Crippen LogP contribution in [0, 0.1) is 5.92 Å². The zero-order valence-electron chi connectivity index (χ0n) is 15.7. The molecule has 3 rings (SSSR count). The molecular weight excluding hydrogens is 336 g/mol. The van der Waals surface area contributed by atoms with Crippen molar-refractivity contribution in [1.29, 1.82) is 0 Å². The third-order valence-electron chi connectivity index (χ3n) is 5.71. The first kappa shape index (κ1) is 18.9. The van der Waals surface area contributed by atoms with Gasteiger partial charge in [0.05, 0.1) is 23.7 Å². The molecule has 1 aliphatic carbocycles. The van der Waals surface area contributed by atoms with E-state index in [0.717, 1.165) is 0 Å². The lowest BCUT2D eigenvalue weighted by Gasteiger charge is -2.29. The Labute approximate surface area is 153 Å². The first-order chi connectivity index (χ1) is 12.2. The van der Waals surface area contributed by atoms with Crippen LogP contribution >= 0.6 is 0 Å². The molecule has 0 amide bonds. The highest BCUT2D eigenvalue weighted by Gasteiger charge is 2.57. The number of esters is 2. The molecule has 0 aromatic rings. The number of allylic oxidation sites excluding steroid dienone is 1. The molecule has 6 atom stereocenters. The summed E-state index contributed by atoms with van der Waals surface area (Å²) in [6, 6.07) is 0. The maximum Gasteiger partial charge on any atom is 0.334 e. The van der Waals surface area contributed by atoms with E-state index >= 15 is 0 Å². The Morgan fingerprint density at radius 3 is 2.85 bits per heavy atom. The van der Waals surface area contributed by atoms with Crippen LogP contribution in [0.15, 0.2) is 35.5 Å². The molecule has 0 spiro atoms. The summed E-state index contributed by atoms with van der Waals surface area (Å²) in [5.74, 6) is -1.43. The van der Waals surface area contributed by atoms with E-state index in [1.807, 2.05) is 6.92 Å². The van der Waals surface area contributed by atoms with Crippen molar-refractivity contribution in [2.24, 2.45) is 5.92 Å². The number of hydrogen-bond donors (Lipinski definition) is 1. The third-order valence-corrected chi connectivity index (χ3v) is 5.71. The van der Waals surface area contributed by atoms with Crippen molar-refractivity contribution in [2.45, 2.75) is 70.6 Å². The summed E-state index contributed by atoms with van der Waals surface area (Å²) in [6.45, 7) is 11.0. The minimum absolute atomic E-state index is 0.118. The predicted molar refractivity (Wildman–Crippen MR) is 94.1 cm³/mol. The molecule has 2 aliphatic heterocycles. The second-order valence-corrected chi connectivity index (χ2v) is 7.62. The Morgan fingerprint density at radius 2 is 2.19 bits per heavy atom. The van der Waals surface area contributed by atoms with Gasteiger partial charge < -0.3 is 19.3 Å². The number of epoxide rings is 1. The highest BCUT2D eigenvalue weighted by atomic mass is 16.6. The SMILES string of the molecule is C=C1C(=O)O[C@@H]2/C=C(/C)[C@H](O)C[C@H]3O[C@]3(C)C[C@@H](OC(=O)/C(C)=C/C)[C@@H]12. The standard InChI is InChI=1S/C20H26O6/c1-6-10(2)18(22)25-15-9-20(5)16(26-20)8-13(21)11(3)7-14-17(15)12(4)19(23)24-14/h6-7,13-17,21H,4,8-9H2,1-3,5H3/b10-6+,11-7-/t13-,14-,15-,16-,17+,20-/m1/s1. The maximum atomic E-state index is 12.4. The Bertz CT molecular complexity index is 705. The molecule has 0 aromatic heterocycles. The molecule has 26 heavy (non-hydrogen) atoms. The van der Waals surface area contributed by atoms with Crippen LogP contribution < -0.4 is 0 Å². The van der Waals surface area contributed by atoms with E-state index in [4.69, 9.17) is 14.2 Å². The molecule has 1 N–H and O–H groups in total. The Hall–Kier alpha value is -1.92. The summed E-state index contributed by atoms with van der Waals surface area (Å²) in [4.78, 5) is 24.5. The van der Waals surface area contributed by atoms with Gasteiger partial charge in [0.1, 0.15) is 12.2 Å². The molecule has 2 heterocycles. The fourth-order valence-electron chi connectivity index (χ4n) is 3.70. The first-order valence-corrected chi connectivity index (χ1v) is 8.94. The monoisotopic (exact) mass is 362 g/mol. The van der Waals surface area contributed by atoms with Crippen molar-refractivity contribution in [3.05, 3.63) is 35.5 Å². The Morgan fingerprint density at radius 1 is 1.50 bits per heavy atom. The molecule has 2 saturated heterocycles. The minimum atomic E-state index is -0.667. The minimum Gasteiger partial charge on any atom is -0.458 e. The fraction of sp³-hybridized carbons (Fsp3) is 0.600. The molecule has 6 heteroatoms. The van der Waals surface area contributed by atoms with E-state index in [9.17, 15) is 14.7 Å². The van der Waals surface area contributed by atoms with Crippen LogP contribution in [0.5, 0.6) is 0 Å². The zero-order chi connectivity index (χ0) is 19.2. The largest absolute Gasteiger partial charge is 0.458 e. The van der Waals surface area contributed by atoms with E-state index in [0.29, 0.717) is 24.0 Å². The number of aliphatic hydroxyl groups excluding tert-OH is 1. The van der Waals surface area contributed by atoms with Crippen LogP contribution in [-0.4, -0.2) is 47.1 Å². The topological polar surface area (TPSA) is 85.4 Å². The zero-order valence-corrected chi connectivity index (χ0v) is 15.7. The van der Waals surface area contributed by atoms with E-state index < -0.39 is 41.8 Å². The Kier molecular flexibility index (Phi) is 4.84. The summed E-state index contributed by atoms with van der Waals surface area (Å²) >= 11 is 0. The van der Waals surface area contributed by atoms with Crippen LogP contribution in [0.3, 0.4) is 0 Å². The number of carbonyl (C=O) groups is 2. The third kappa shape index (κ3) is 3.35. The van der Waals surface area contributed by atoms with E-state index in [1.54, 1.807) is 32.9 Å². The molecule has 142 valence electrons. The lowest BCUT2D eigenvalue weighted by Crippen LogP contribution is -2.37. The highest BCUT2D eigenvalue weighted by Crippen LogP contribution is 2.47. The predicted octanol–water partition coefficient (Wildman–Crippen LogP) is 2.22. The number of carbonyl (C=O) groups excluding carboxylic acids is 2. The van der Waals surface area contributed by atoms with Gasteiger partial charge in [0, 0.05) is 24.0 Å². The van der Waals surface area contributed by atoms with E-state index in [-0.39, 0.29) is 11.7 Å². The van der Waals surface area contributed by atoms with Crippen molar-refractivity contribution in [2.75, 3.05) is 0 Å². The van der Waals surface area contributed by atoms with Gasteiger partial charge in [0.2, 0.25) is 0 Å². The van der Waals surface area contributed by atoms with Crippen molar-refractivity contribution in [1.82, 2.24) is 0 Å². The van der Waals surface area contributed by atoms with Gasteiger partial charge in [-0.1, -0.05) is 12.7 Å². The summed E-state index contributed by atoms with van der Waals surface area (Å²) < 4.78 is 17.0. The van der Waals surface area contributed by atoms with Crippen LogP contribution in [0.25, 0.3) is 0 Å². The second-order valence-electron chi connectivity index (χ2n) is 7.62. The number of aliphatic hydroxyl groups is 1. The summed E-state index contributed by atoms with van der Waals surface area (Å²) in [6.07, 6.45) is 2.29. The van der Waals surface area contributed by atoms with Crippen molar-refractivity contribution >= 4 is 11.9 Å². The molecule has 2 fully saturated rings. The fourth-order valence-corrected chi connectivity index (χ4v) is 3.70. The van der Waals surface area contributed by atoms with E-state index in [1.165, 1.54) is 0 Å². The molecular formula is C20H26O6. The van der Waals surface area contributed by atoms with Gasteiger partial charge in [0.15, 0.2) is 0 Å². The van der Waals surface area contributed by atoms with Crippen LogP contribution in [0.4, 0.5) is 0 Å².